The molecule has 2 aromatic rings. The molecular weight excluding hydrogens is 526 g/mol. The van der Waals surface area contributed by atoms with Gasteiger partial charge in [0.15, 0.2) is 0 Å². The van der Waals surface area contributed by atoms with Crippen LogP contribution in [0.3, 0.4) is 0 Å². The molecule has 2 amide bonds. The third-order valence-corrected chi connectivity index (χ3v) is 6.11. The highest BCUT2D eigenvalue weighted by molar-refractivity contribution is 6.18. The lowest BCUT2D eigenvalue weighted by molar-refractivity contribution is -0.156. The van der Waals surface area contributed by atoms with Gasteiger partial charge in [0.1, 0.15) is 12.1 Å². The van der Waals surface area contributed by atoms with Crippen LogP contribution in [0.1, 0.15) is 52.5 Å². The fraction of sp³-hybridized carbons (Fsp3) is 0.556. The Bertz CT molecular complexity index is 1010. The number of nitrogens with zero attached hydrogens (tertiary/aromatic N) is 2. The lowest BCUT2D eigenvalue weighted by Crippen LogP contribution is -2.48. The van der Waals surface area contributed by atoms with E-state index in [9.17, 15) is 24.3 Å². The SMILES string of the molecule is CC(=O)N(C(C)=O)C(Cc1c[nH]c2ccccc12)C(=O)O.CCN(CC)CCCl.NCCCCC(N)C(=O)O. The number of alkyl halides is 1. The summed E-state index contributed by atoms with van der Waals surface area (Å²) in [4.78, 5) is 50.8. The highest BCUT2D eigenvalue weighted by Crippen LogP contribution is 2.21. The number of carboxylic acid groups (broad SMARTS) is 2. The molecule has 0 spiro atoms. The molecule has 2 atom stereocenters. The Morgan fingerprint density at radius 3 is 2.03 bits per heavy atom. The van der Waals surface area contributed by atoms with Gasteiger partial charge in [-0.2, -0.15) is 0 Å². The molecule has 0 saturated carbocycles. The van der Waals surface area contributed by atoms with Crippen molar-refractivity contribution < 1.29 is 29.4 Å². The predicted octanol–water partition coefficient (Wildman–Crippen LogP) is 2.65. The molecule has 1 aromatic carbocycles. The number of carbonyl (C=O) groups is 4. The summed E-state index contributed by atoms with van der Waals surface area (Å²) in [6.07, 6.45) is 3.94. The van der Waals surface area contributed by atoms with E-state index in [-0.39, 0.29) is 6.42 Å². The zero-order valence-corrected chi connectivity index (χ0v) is 24.1. The number of unbranched alkanes of at least 4 members (excludes halogenated alkanes) is 1. The lowest BCUT2D eigenvalue weighted by atomic mass is 10.0. The molecule has 39 heavy (non-hydrogen) atoms. The molecule has 0 radical (unpaired) electrons. The van der Waals surface area contributed by atoms with Gasteiger partial charge in [0.2, 0.25) is 11.8 Å². The van der Waals surface area contributed by atoms with E-state index in [4.69, 9.17) is 28.2 Å². The molecule has 0 bridgehead atoms. The van der Waals surface area contributed by atoms with Crippen LogP contribution in [0.25, 0.3) is 10.9 Å². The molecule has 7 N–H and O–H groups in total. The Balaban J connectivity index is 0.000000668. The number of hydrogen-bond donors (Lipinski definition) is 5. The topological polar surface area (TPSA) is 183 Å². The number of benzene rings is 1. The van der Waals surface area contributed by atoms with Crippen molar-refractivity contribution >= 4 is 46.3 Å². The van der Waals surface area contributed by atoms with Gasteiger partial charge in [0, 0.05) is 49.8 Å². The van der Waals surface area contributed by atoms with E-state index in [1.807, 2.05) is 24.3 Å². The Morgan fingerprint density at radius 1 is 1.00 bits per heavy atom. The number of aromatic amines is 1. The number of imide groups is 1. The molecule has 1 heterocycles. The second-order valence-electron chi connectivity index (χ2n) is 8.77. The Hall–Kier alpha value is -2.99. The van der Waals surface area contributed by atoms with Gasteiger partial charge in [-0.1, -0.05) is 38.5 Å². The Morgan fingerprint density at radius 2 is 1.59 bits per heavy atom. The molecule has 0 fully saturated rings. The molecular formula is C27H44ClN5O6. The van der Waals surface area contributed by atoms with Crippen LogP contribution in [0.15, 0.2) is 30.5 Å². The summed E-state index contributed by atoms with van der Waals surface area (Å²) >= 11 is 5.51. The molecule has 1 aromatic heterocycles. The fourth-order valence-corrected chi connectivity index (χ4v) is 3.99. The van der Waals surface area contributed by atoms with Gasteiger partial charge in [0.05, 0.1) is 0 Å². The van der Waals surface area contributed by atoms with Crippen molar-refractivity contribution in [1.82, 2.24) is 14.8 Å². The van der Waals surface area contributed by atoms with Crippen molar-refractivity contribution in [2.45, 2.75) is 65.5 Å². The van der Waals surface area contributed by atoms with E-state index in [1.54, 1.807) is 6.20 Å². The fourth-order valence-electron chi connectivity index (χ4n) is 3.75. The second-order valence-corrected chi connectivity index (χ2v) is 9.15. The van der Waals surface area contributed by atoms with Gasteiger partial charge >= 0.3 is 11.9 Å². The quantitative estimate of drug-likeness (QED) is 0.179. The van der Waals surface area contributed by atoms with Crippen LogP contribution in [-0.2, 0) is 25.6 Å². The van der Waals surface area contributed by atoms with Crippen LogP contribution < -0.4 is 11.5 Å². The summed E-state index contributed by atoms with van der Waals surface area (Å²) in [7, 11) is 0. The summed E-state index contributed by atoms with van der Waals surface area (Å²) in [5, 5.41) is 18.6. The van der Waals surface area contributed by atoms with Crippen molar-refractivity contribution in [2.24, 2.45) is 11.5 Å². The maximum Gasteiger partial charge on any atom is 0.327 e. The zero-order valence-electron chi connectivity index (χ0n) is 23.4. The molecule has 0 aliphatic rings. The van der Waals surface area contributed by atoms with Crippen molar-refractivity contribution in [1.29, 1.82) is 0 Å². The number of hydrogen-bond acceptors (Lipinski definition) is 7. The Kier molecular flexibility index (Phi) is 18.5. The maximum absolute atomic E-state index is 11.6. The van der Waals surface area contributed by atoms with E-state index in [2.05, 4.69) is 23.7 Å². The first-order chi connectivity index (χ1) is 18.4. The van der Waals surface area contributed by atoms with Crippen molar-refractivity contribution in [2.75, 3.05) is 32.1 Å². The number of fused-ring (bicyclic) bond motifs is 1. The summed E-state index contributed by atoms with van der Waals surface area (Å²) in [6, 6.07) is 5.54. The maximum atomic E-state index is 11.6. The third-order valence-electron chi connectivity index (χ3n) is 5.95. The average molecular weight is 570 g/mol. The number of rotatable bonds is 13. The van der Waals surface area contributed by atoms with Gasteiger partial charge < -0.3 is 31.6 Å². The normalized spacial score (nSPS) is 12.0. The number of aliphatic carboxylic acids is 2. The van der Waals surface area contributed by atoms with E-state index >= 15 is 0 Å². The third kappa shape index (κ3) is 13.6. The smallest absolute Gasteiger partial charge is 0.327 e. The monoisotopic (exact) mass is 569 g/mol. The number of amides is 2. The average Bonchev–Trinajstić information content (AvgIpc) is 3.30. The Labute approximate surface area is 235 Å². The van der Waals surface area contributed by atoms with Gasteiger partial charge in [-0.15, -0.1) is 11.6 Å². The number of H-pyrrole nitrogens is 1. The first kappa shape index (κ1) is 36.0. The van der Waals surface area contributed by atoms with Crippen LogP contribution >= 0.6 is 11.6 Å². The van der Waals surface area contributed by atoms with Crippen LogP contribution in [0.2, 0.25) is 0 Å². The summed E-state index contributed by atoms with van der Waals surface area (Å²) in [5.41, 5.74) is 12.1. The largest absolute Gasteiger partial charge is 0.480 e. The summed E-state index contributed by atoms with van der Waals surface area (Å²) < 4.78 is 0. The predicted molar refractivity (Wildman–Crippen MR) is 154 cm³/mol. The summed E-state index contributed by atoms with van der Waals surface area (Å²) in [6.45, 7) is 10.5. The molecule has 220 valence electrons. The number of nitrogens with one attached hydrogen (secondary N) is 1. The number of carboxylic acids is 2. The number of para-hydroxylation sites is 1. The van der Waals surface area contributed by atoms with Crippen molar-refractivity contribution in [3.63, 3.8) is 0 Å². The van der Waals surface area contributed by atoms with Crippen molar-refractivity contribution in [3.8, 4) is 0 Å². The number of aromatic nitrogens is 1. The number of nitrogens with two attached hydrogens (primary N) is 2. The first-order valence-corrected chi connectivity index (χ1v) is 13.5. The van der Waals surface area contributed by atoms with Crippen LogP contribution in [-0.4, -0.2) is 92.9 Å². The molecule has 0 aliphatic heterocycles. The van der Waals surface area contributed by atoms with Crippen LogP contribution in [0.4, 0.5) is 0 Å². The molecule has 11 nitrogen and oxygen atoms in total. The number of carbonyl (C=O) groups excluding carboxylic acids is 2. The molecule has 0 aliphatic carbocycles. The zero-order chi connectivity index (χ0) is 30.0. The molecule has 12 heteroatoms. The van der Waals surface area contributed by atoms with E-state index in [0.717, 1.165) is 59.7 Å². The number of halogens is 1. The molecule has 2 rings (SSSR count). The highest BCUT2D eigenvalue weighted by atomic mass is 35.5. The molecule has 2 unspecified atom stereocenters. The van der Waals surface area contributed by atoms with Gasteiger partial charge in [-0.05, 0) is 44.1 Å². The van der Waals surface area contributed by atoms with E-state index < -0.39 is 35.8 Å². The minimum atomic E-state index is -1.21. The first-order valence-electron chi connectivity index (χ1n) is 13.0. The van der Waals surface area contributed by atoms with Gasteiger partial charge in [0.25, 0.3) is 0 Å². The van der Waals surface area contributed by atoms with Crippen LogP contribution in [0, 0.1) is 0 Å². The minimum absolute atomic E-state index is 0.0680. The standard InChI is InChI=1S/C15H16N2O4.C6H14ClN.C6H14N2O2/c1-9(18)17(10(2)19)14(15(20)21)7-11-8-16-13-6-4-3-5-12(11)13;1-3-8(4-2)6-5-7;7-4-2-1-3-5(8)6(9)10/h3-6,8,14,16H,7H2,1-2H3,(H,20,21);3-6H2,1-2H3;5H,1-4,7-8H2,(H,9,10). The van der Waals surface area contributed by atoms with Crippen molar-refractivity contribution in [3.05, 3.63) is 36.0 Å². The van der Waals surface area contributed by atoms with E-state index in [1.165, 1.54) is 13.8 Å². The van der Waals surface area contributed by atoms with Crippen LogP contribution in [0.5, 0.6) is 0 Å². The minimum Gasteiger partial charge on any atom is -0.480 e. The van der Waals surface area contributed by atoms with E-state index in [0.29, 0.717) is 13.0 Å². The summed E-state index contributed by atoms with van der Waals surface area (Å²) in [5.74, 6) is -2.53. The second kappa shape index (κ2) is 20.0. The van der Waals surface area contributed by atoms with Gasteiger partial charge in [-0.25, -0.2) is 4.79 Å². The van der Waals surface area contributed by atoms with Gasteiger partial charge in [-0.3, -0.25) is 19.3 Å². The lowest BCUT2D eigenvalue weighted by Gasteiger charge is -2.24. The highest BCUT2D eigenvalue weighted by Gasteiger charge is 2.31. The molecule has 0 saturated heterocycles.